The highest BCUT2D eigenvalue weighted by molar-refractivity contribution is 4.89. The summed E-state index contributed by atoms with van der Waals surface area (Å²) in [6.45, 7) is 6.80. The molecule has 0 unspecified atom stereocenters. The van der Waals surface area contributed by atoms with Crippen molar-refractivity contribution in [3.8, 4) is 0 Å². The summed E-state index contributed by atoms with van der Waals surface area (Å²) in [7, 11) is 0. The minimum Gasteiger partial charge on any atom is -0.389 e. The van der Waals surface area contributed by atoms with Crippen molar-refractivity contribution in [2.75, 3.05) is 32.8 Å². The fourth-order valence-electron chi connectivity index (χ4n) is 4.74. The molecule has 116 valence electrons. The Hall–Kier alpha value is -0.120. The van der Waals surface area contributed by atoms with Gasteiger partial charge in [-0.3, -0.25) is 0 Å². The van der Waals surface area contributed by atoms with E-state index in [-0.39, 0.29) is 6.10 Å². The summed E-state index contributed by atoms with van der Waals surface area (Å²) in [6, 6.07) is 0. The molecule has 2 aliphatic carbocycles. The van der Waals surface area contributed by atoms with Crippen LogP contribution in [0.2, 0.25) is 0 Å². The first-order valence-corrected chi connectivity index (χ1v) is 8.69. The molecule has 5 atom stereocenters. The van der Waals surface area contributed by atoms with Crippen molar-refractivity contribution in [2.45, 2.75) is 51.6 Å². The second kappa shape index (κ2) is 6.76. The minimum atomic E-state index is -0.307. The Bertz CT molecular complexity index is 309. The molecular weight excluding hydrogens is 250 g/mol. The molecule has 3 rings (SSSR count). The Labute approximate surface area is 123 Å². The SMILES string of the molecule is C[C@H]1CCCN(C[C@H](O)COC[C@@H]2C[C@@H]3CC[C@@H]2C3)C1. The predicted octanol–water partition coefficient (Wildman–Crippen LogP) is 2.53. The van der Waals surface area contributed by atoms with Crippen LogP contribution in [0.5, 0.6) is 0 Å². The Balaban J connectivity index is 1.30. The van der Waals surface area contributed by atoms with Crippen molar-refractivity contribution in [3.05, 3.63) is 0 Å². The lowest BCUT2D eigenvalue weighted by molar-refractivity contribution is -0.00689. The van der Waals surface area contributed by atoms with Crippen LogP contribution in [-0.4, -0.2) is 49.0 Å². The minimum absolute atomic E-state index is 0.307. The summed E-state index contributed by atoms with van der Waals surface area (Å²) in [5.41, 5.74) is 0. The Morgan fingerprint density at radius 3 is 2.85 bits per heavy atom. The summed E-state index contributed by atoms with van der Waals surface area (Å²) in [6.07, 6.45) is 8.02. The van der Waals surface area contributed by atoms with Gasteiger partial charge >= 0.3 is 0 Å². The molecule has 3 heteroatoms. The van der Waals surface area contributed by atoms with E-state index in [1.165, 1.54) is 38.5 Å². The van der Waals surface area contributed by atoms with Gasteiger partial charge < -0.3 is 14.7 Å². The standard InChI is InChI=1S/C17H31NO2/c1-13-3-2-6-18(9-13)10-17(19)12-20-11-16-8-14-4-5-15(16)7-14/h13-17,19H,2-12H2,1H3/t13-,14+,15+,16-,17-/m0/s1. The van der Waals surface area contributed by atoms with Gasteiger partial charge in [0.25, 0.3) is 0 Å². The van der Waals surface area contributed by atoms with E-state index < -0.39 is 0 Å². The molecule has 3 aliphatic rings. The number of β-amino-alcohol motifs (C(OH)–C–C–N with tert-alkyl or cyclic N) is 1. The zero-order valence-electron chi connectivity index (χ0n) is 13.0. The summed E-state index contributed by atoms with van der Waals surface area (Å²) in [5.74, 6) is 3.50. The second-order valence-corrected chi connectivity index (χ2v) is 7.63. The highest BCUT2D eigenvalue weighted by Gasteiger charge is 2.39. The van der Waals surface area contributed by atoms with Crippen molar-refractivity contribution in [3.63, 3.8) is 0 Å². The van der Waals surface area contributed by atoms with E-state index >= 15 is 0 Å². The van der Waals surface area contributed by atoms with Gasteiger partial charge in [-0.25, -0.2) is 0 Å². The van der Waals surface area contributed by atoms with Crippen molar-refractivity contribution < 1.29 is 9.84 Å². The van der Waals surface area contributed by atoms with E-state index in [1.807, 2.05) is 0 Å². The summed E-state index contributed by atoms with van der Waals surface area (Å²) < 4.78 is 5.82. The molecule has 3 nitrogen and oxygen atoms in total. The average Bonchev–Trinajstić information content (AvgIpc) is 3.01. The highest BCUT2D eigenvalue weighted by Crippen LogP contribution is 2.48. The Morgan fingerprint density at radius 2 is 2.15 bits per heavy atom. The highest BCUT2D eigenvalue weighted by atomic mass is 16.5. The molecule has 0 aromatic rings. The van der Waals surface area contributed by atoms with Crippen LogP contribution in [0.3, 0.4) is 0 Å². The third kappa shape index (κ3) is 3.75. The molecule has 0 aromatic carbocycles. The maximum Gasteiger partial charge on any atom is 0.0900 e. The number of nitrogens with zero attached hydrogens (tertiary/aromatic N) is 1. The van der Waals surface area contributed by atoms with Crippen molar-refractivity contribution >= 4 is 0 Å². The number of ether oxygens (including phenoxy) is 1. The molecule has 2 bridgehead atoms. The van der Waals surface area contributed by atoms with E-state index in [0.717, 1.165) is 49.9 Å². The van der Waals surface area contributed by atoms with E-state index in [4.69, 9.17) is 4.74 Å². The Kier molecular flexibility index (Phi) is 5.00. The van der Waals surface area contributed by atoms with Crippen LogP contribution in [0.1, 0.15) is 45.4 Å². The van der Waals surface area contributed by atoms with Gasteiger partial charge in [0, 0.05) is 19.7 Å². The molecule has 0 spiro atoms. The van der Waals surface area contributed by atoms with Crippen LogP contribution in [0.4, 0.5) is 0 Å². The topological polar surface area (TPSA) is 32.7 Å². The van der Waals surface area contributed by atoms with Gasteiger partial charge in [0.05, 0.1) is 12.7 Å². The lowest BCUT2D eigenvalue weighted by atomic mass is 9.90. The maximum atomic E-state index is 10.1. The van der Waals surface area contributed by atoms with E-state index in [9.17, 15) is 5.11 Å². The quantitative estimate of drug-likeness (QED) is 0.812. The predicted molar refractivity (Wildman–Crippen MR) is 80.6 cm³/mol. The van der Waals surface area contributed by atoms with Gasteiger partial charge in [0.15, 0.2) is 0 Å². The largest absolute Gasteiger partial charge is 0.389 e. The molecule has 1 saturated heterocycles. The number of aliphatic hydroxyl groups excluding tert-OH is 1. The molecule has 2 saturated carbocycles. The number of likely N-dealkylation sites (tertiary alicyclic amines) is 1. The number of rotatable bonds is 6. The summed E-state index contributed by atoms with van der Waals surface area (Å²) in [4.78, 5) is 2.40. The fourth-order valence-corrected chi connectivity index (χ4v) is 4.74. The lowest BCUT2D eigenvalue weighted by Gasteiger charge is -2.32. The van der Waals surface area contributed by atoms with Crippen LogP contribution >= 0.6 is 0 Å². The van der Waals surface area contributed by atoms with E-state index in [0.29, 0.717) is 6.61 Å². The van der Waals surface area contributed by atoms with Crippen LogP contribution in [0.25, 0.3) is 0 Å². The van der Waals surface area contributed by atoms with Gasteiger partial charge in [-0.1, -0.05) is 13.3 Å². The third-order valence-electron chi connectivity index (χ3n) is 5.74. The van der Waals surface area contributed by atoms with Gasteiger partial charge in [-0.05, 0) is 62.3 Å². The van der Waals surface area contributed by atoms with Crippen LogP contribution in [0.15, 0.2) is 0 Å². The van der Waals surface area contributed by atoms with E-state index in [2.05, 4.69) is 11.8 Å². The first-order valence-electron chi connectivity index (χ1n) is 8.69. The first-order chi connectivity index (χ1) is 9.70. The van der Waals surface area contributed by atoms with Gasteiger partial charge in [0.2, 0.25) is 0 Å². The van der Waals surface area contributed by atoms with Crippen molar-refractivity contribution in [1.82, 2.24) is 4.90 Å². The summed E-state index contributed by atoms with van der Waals surface area (Å²) >= 11 is 0. The van der Waals surface area contributed by atoms with Crippen LogP contribution in [0, 0.1) is 23.7 Å². The van der Waals surface area contributed by atoms with Crippen LogP contribution < -0.4 is 0 Å². The zero-order chi connectivity index (χ0) is 13.9. The molecule has 0 aromatic heterocycles. The molecule has 1 aliphatic heterocycles. The number of fused-ring (bicyclic) bond motifs is 2. The maximum absolute atomic E-state index is 10.1. The molecule has 1 heterocycles. The number of hydrogen-bond donors (Lipinski definition) is 1. The normalized spacial score (nSPS) is 39.3. The molecular formula is C17H31NO2. The molecule has 20 heavy (non-hydrogen) atoms. The van der Waals surface area contributed by atoms with Gasteiger partial charge in [-0.15, -0.1) is 0 Å². The molecule has 0 amide bonds. The Morgan fingerprint density at radius 1 is 1.25 bits per heavy atom. The number of aliphatic hydroxyl groups is 1. The molecule has 1 N–H and O–H groups in total. The monoisotopic (exact) mass is 281 g/mol. The number of hydrogen-bond acceptors (Lipinski definition) is 3. The molecule has 3 fully saturated rings. The average molecular weight is 281 g/mol. The zero-order valence-corrected chi connectivity index (χ0v) is 13.0. The first kappa shape index (κ1) is 14.8. The van der Waals surface area contributed by atoms with Crippen molar-refractivity contribution in [2.24, 2.45) is 23.7 Å². The third-order valence-corrected chi connectivity index (χ3v) is 5.74. The van der Waals surface area contributed by atoms with Crippen LogP contribution in [-0.2, 0) is 4.74 Å². The smallest absolute Gasteiger partial charge is 0.0900 e. The number of piperidine rings is 1. The van der Waals surface area contributed by atoms with E-state index in [1.54, 1.807) is 0 Å². The van der Waals surface area contributed by atoms with Gasteiger partial charge in [0.1, 0.15) is 0 Å². The second-order valence-electron chi connectivity index (χ2n) is 7.63. The lowest BCUT2D eigenvalue weighted by Crippen LogP contribution is -2.41. The molecule has 0 radical (unpaired) electrons. The fraction of sp³-hybridized carbons (Fsp3) is 1.00. The van der Waals surface area contributed by atoms with Crippen molar-refractivity contribution in [1.29, 1.82) is 0 Å². The summed E-state index contributed by atoms with van der Waals surface area (Å²) in [5, 5.41) is 10.1. The van der Waals surface area contributed by atoms with Gasteiger partial charge in [-0.2, -0.15) is 0 Å².